The van der Waals surface area contributed by atoms with Gasteiger partial charge >= 0.3 is 0 Å². The van der Waals surface area contributed by atoms with Crippen LogP contribution in [0.5, 0.6) is 5.88 Å². The summed E-state index contributed by atoms with van der Waals surface area (Å²) in [6.07, 6.45) is 8.42. The molecule has 0 bridgehead atoms. The highest BCUT2D eigenvalue weighted by Gasteiger charge is 2.25. The number of fused-ring (bicyclic) bond motifs is 1. The third-order valence-electron chi connectivity index (χ3n) is 6.15. The van der Waals surface area contributed by atoms with Gasteiger partial charge in [0.05, 0.1) is 18.4 Å². The molecule has 1 fully saturated rings. The van der Waals surface area contributed by atoms with Gasteiger partial charge in [-0.25, -0.2) is 14.5 Å². The van der Waals surface area contributed by atoms with Crippen LogP contribution in [0.3, 0.4) is 0 Å². The van der Waals surface area contributed by atoms with E-state index in [1.165, 1.54) is 11.9 Å². The van der Waals surface area contributed by atoms with Gasteiger partial charge in [-0.2, -0.15) is 5.10 Å². The Hall–Kier alpha value is -4.05. The highest BCUT2D eigenvalue weighted by Crippen LogP contribution is 2.29. The molecule has 1 aliphatic heterocycles. The Morgan fingerprint density at radius 3 is 2.71 bits per heavy atom. The number of hydrogen-bond donors (Lipinski definition) is 2. The number of anilines is 1. The van der Waals surface area contributed by atoms with Crippen molar-refractivity contribution in [2.45, 2.75) is 25.4 Å². The minimum absolute atomic E-state index is 0.0893. The summed E-state index contributed by atoms with van der Waals surface area (Å²) in [5, 5.41) is 7.54. The number of rotatable bonds is 6. The lowest BCUT2D eigenvalue weighted by Gasteiger charge is -2.32. The fraction of sp³-hybridized carbons (Fsp3) is 0.292. The Morgan fingerprint density at radius 2 is 1.94 bits per heavy atom. The molecule has 1 aliphatic rings. The van der Waals surface area contributed by atoms with E-state index >= 15 is 0 Å². The number of nitrogens with zero attached hydrogens (tertiary/aromatic N) is 6. The Morgan fingerprint density at radius 1 is 1.15 bits per heavy atom. The normalized spacial score (nSPS) is 14.9. The minimum atomic E-state index is -0.182. The van der Waals surface area contributed by atoms with Crippen molar-refractivity contribution in [2.24, 2.45) is 0 Å². The van der Waals surface area contributed by atoms with Crippen LogP contribution in [0.25, 0.3) is 16.8 Å². The molecule has 0 aromatic carbocycles. The lowest BCUT2D eigenvalue weighted by Crippen LogP contribution is -2.44. The lowest BCUT2D eigenvalue weighted by atomic mass is 10.0. The molecule has 0 spiro atoms. The molecule has 34 heavy (non-hydrogen) atoms. The van der Waals surface area contributed by atoms with Crippen LogP contribution in [-0.2, 0) is 6.54 Å². The average Bonchev–Trinajstić information content (AvgIpc) is 3.27. The Bertz CT molecular complexity index is 1300. The van der Waals surface area contributed by atoms with Gasteiger partial charge in [0.1, 0.15) is 11.8 Å². The summed E-state index contributed by atoms with van der Waals surface area (Å²) < 4.78 is 6.89. The number of nitrogens with two attached hydrogens (primary N) is 1. The van der Waals surface area contributed by atoms with Gasteiger partial charge in [-0.05, 0) is 42.7 Å². The van der Waals surface area contributed by atoms with E-state index in [0.717, 1.165) is 38.0 Å². The second kappa shape index (κ2) is 9.44. The molecule has 0 radical (unpaired) electrons. The molecule has 5 rings (SSSR count). The third-order valence-corrected chi connectivity index (χ3v) is 6.15. The second-order valence-electron chi connectivity index (χ2n) is 8.32. The first kappa shape index (κ1) is 21.8. The number of nitrogens with one attached hydrogen (secondary N) is 1. The van der Waals surface area contributed by atoms with E-state index in [1.807, 2.05) is 30.6 Å². The first-order valence-corrected chi connectivity index (χ1v) is 11.2. The predicted octanol–water partition coefficient (Wildman–Crippen LogP) is 2.17. The number of pyridine rings is 2. The molecular formula is C24H26N8O2. The van der Waals surface area contributed by atoms with Crippen LogP contribution in [0.1, 0.15) is 28.8 Å². The number of ether oxygens (including phenoxy) is 1. The zero-order valence-corrected chi connectivity index (χ0v) is 18.9. The van der Waals surface area contributed by atoms with E-state index in [0.29, 0.717) is 22.7 Å². The van der Waals surface area contributed by atoms with Crippen molar-refractivity contribution in [1.82, 2.24) is 34.8 Å². The maximum absolute atomic E-state index is 13.3. The number of piperidine rings is 1. The largest absolute Gasteiger partial charge is 0.481 e. The van der Waals surface area contributed by atoms with Gasteiger partial charge in [-0.1, -0.05) is 0 Å². The van der Waals surface area contributed by atoms with Gasteiger partial charge in [0.25, 0.3) is 5.91 Å². The molecule has 3 N–H and O–H groups in total. The van der Waals surface area contributed by atoms with Crippen LogP contribution in [0.15, 0.2) is 55.2 Å². The predicted molar refractivity (Wildman–Crippen MR) is 127 cm³/mol. The number of likely N-dealkylation sites (tertiary alicyclic amines) is 1. The highest BCUT2D eigenvalue weighted by molar-refractivity contribution is 6.05. The van der Waals surface area contributed by atoms with E-state index in [4.69, 9.17) is 10.5 Å². The van der Waals surface area contributed by atoms with Crippen molar-refractivity contribution in [2.75, 3.05) is 25.9 Å². The molecular weight excluding hydrogens is 432 g/mol. The minimum Gasteiger partial charge on any atom is -0.481 e. The number of carbonyl (C=O) groups excluding carboxylic acids is 1. The van der Waals surface area contributed by atoms with Gasteiger partial charge in [0, 0.05) is 55.9 Å². The van der Waals surface area contributed by atoms with Crippen LogP contribution < -0.4 is 15.8 Å². The van der Waals surface area contributed by atoms with Crippen LogP contribution in [-0.4, -0.2) is 61.6 Å². The smallest absolute Gasteiger partial charge is 0.253 e. The van der Waals surface area contributed by atoms with Crippen molar-refractivity contribution < 1.29 is 9.53 Å². The monoisotopic (exact) mass is 458 g/mol. The van der Waals surface area contributed by atoms with Crippen molar-refractivity contribution in [3.63, 3.8) is 0 Å². The maximum atomic E-state index is 13.3. The topological polar surface area (TPSA) is 124 Å². The number of methoxy groups -OCH3 is 1. The summed E-state index contributed by atoms with van der Waals surface area (Å²) >= 11 is 0. The molecule has 0 saturated carbocycles. The second-order valence-corrected chi connectivity index (χ2v) is 8.32. The summed E-state index contributed by atoms with van der Waals surface area (Å²) in [5.74, 6) is 0.539. The fourth-order valence-electron chi connectivity index (χ4n) is 4.37. The quantitative estimate of drug-likeness (QED) is 0.451. The summed E-state index contributed by atoms with van der Waals surface area (Å²) in [5.41, 5.74) is 9.86. The summed E-state index contributed by atoms with van der Waals surface area (Å²) in [6.45, 7) is 2.72. The molecule has 174 valence electrons. The molecule has 5 heterocycles. The van der Waals surface area contributed by atoms with Crippen LogP contribution >= 0.6 is 0 Å². The van der Waals surface area contributed by atoms with Gasteiger partial charge in [-0.3, -0.25) is 14.7 Å². The van der Waals surface area contributed by atoms with E-state index < -0.39 is 0 Å². The van der Waals surface area contributed by atoms with Crippen molar-refractivity contribution in [1.29, 1.82) is 0 Å². The maximum Gasteiger partial charge on any atom is 0.253 e. The highest BCUT2D eigenvalue weighted by atomic mass is 16.5. The van der Waals surface area contributed by atoms with Crippen molar-refractivity contribution >= 4 is 17.2 Å². The molecule has 1 saturated heterocycles. The zero-order chi connectivity index (χ0) is 23.5. The summed E-state index contributed by atoms with van der Waals surface area (Å²) in [7, 11) is 1.56. The molecule has 4 aromatic heterocycles. The first-order chi connectivity index (χ1) is 16.6. The fourth-order valence-corrected chi connectivity index (χ4v) is 4.37. The van der Waals surface area contributed by atoms with E-state index in [1.54, 1.807) is 30.0 Å². The zero-order valence-electron chi connectivity index (χ0n) is 18.9. The number of amides is 1. The number of nitrogen functional groups attached to an aromatic ring is 1. The number of hydrogen-bond acceptors (Lipinski definition) is 8. The first-order valence-electron chi connectivity index (χ1n) is 11.2. The van der Waals surface area contributed by atoms with Crippen molar-refractivity contribution in [3.05, 3.63) is 66.4 Å². The lowest BCUT2D eigenvalue weighted by molar-refractivity contribution is 0.0910. The van der Waals surface area contributed by atoms with E-state index in [2.05, 4.69) is 30.3 Å². The van der Waals surface area contributed by atoms with E-state index in [-0.39, 0.29) is 17.8 Å². The van der Waals surface area contributed by atoms with Crippen LogP contribution in [0.4, 0.5) is 5.82 Å². The molecule has 0 unspecified atom stereocenters. The van der Waals surface area contributed by atoms with E-state index in [9.17, 15) is 4.79 Å². The standard InChI is InChI=1S/C24H26N8O2/c1-34-21-12-17(4-9-27-21)20-13-19(22-23(25)28-15-29-32(20)22)24(33)30-18-5-10-31(11-6-18)14-16-2-7-26-8-3-16/h2-4,7-9,12-13,15,18H,5-6,10-11,14H2,1H3,(H,30,33)(H2,25,28,29). The third kappa shape index (κ3) is 4.40. The van der Waals surface area contributed by atoms with Crippen molar-refractivity contribution in [3.8, 4) is 17.1 Å². The molecule has 4 aromatic rings. The van der Waals surface area contributed by atoms with Gasteiger partial charge in [-0.15, -0.1) is 0 Å². The molecule has 10 nitrogen and oxygen atoms in total. The molecule has 0 atom stereocenters. The Labute approximate surface area is 196 Å². The van der Waals surface area contributed by atoms with Gasteiger partial charge < -0.3 is 15.8 Å². The Balaban J connectivity index is 1.34. The molecule has 0 aliphatic carbocycles. The van der Waals surface area contributed by atoms with Crippen LogP contribution in [0.2, 0.25) is 0 Å². The van der Waals surface area contributed by atoms with Gasteiger partial charge in [0.15, 0.2) is 5.82 Å². The number of carbonyl (C=O) groups is 1. The van der Waals surface area contributed by atoms with Gasteiger partial charge in [0.2, 0.25) is 5.88 Å². The average molecular weight is 459 g/mol. The SMILES string of the molecule is COc1cc(-c2cc(C(=O)NC3CCN(Cc4ccncc4)CC3)c3c(N)ncnn23)ccn1. The Kier molecular flexibility index (Phi) is 6.05. The summed E-state index contributed by atoms with van der Waals surface area (Å²) in [6, 6.07) is 9.58. The number of aromatic nitrogens is 5. The molecule has 10 heteroatoms. The molecule has 1 amide bonds. The summed E-state index contributed by atoms with van der Waals surface area (Å²) in [4.78, 5) is 28.1. The van der Waals surface area contributed by atoms with Crippen LogP contribution in [0, 0.1) is 0 Å².